The highest BCUT2D eigenvalue weighted by molar-refractivity contribution is 6.30. The minimum absolute atomic E-state index is 0.00540. The molecule has 0 radical (unpaired) electrons. The minimum atomic E-state index is -0.00540. The molecule has 0 spiro atoms. The summed E-state index contributed by atoms with van der Waals surface area (Å²) >= 11 is 5.86. The Balaban J connectivity index is 1.50. The molecule has 1 aliphatic rings. The summed E-state index contributed by atoms with van der Waals surface area (Å²) in [5.74, 6) is 1.25. The van der Waals surface area contributed by atoms with Gasteiger partial charge in [0.05, 0.1) is 18.2 Å². The topological polar surface area (TPSA) is 53.3 Å². The minimum Gasteiger partial charge on any atom is -0.493 e. The van der Waals surface area contributed by atoms with Crippen LogP contribution >= 0.6 is 11.6 Å². The van der Waals surface area contributed by atoms with E-state index in [9.17, 15) is 4.79 Å². The average Bonchev–Trinajstić information content (AvgIpc) is 2.67. The van der Waals surface area contributed by atoms with Crippen LogP contribution in [-0.4, -0.2) is 30.5 Å². The smallest absolute Gasteiger partial charge is 0.253 e. The number of benzene rings is 2. The number of piperidine rings is 1. The molecule has 1 aliphatic heterocycles. The van der Waals surface area contributed by atoms with Crippen molar-refractivity contribution in [3.05, 3.63) is 64.7 Å². The molecule has 4 nitrogen and oxygen atoms in total. The summed E-state index contributed by atoms with van der Waals surface area (Å²) in [6.45, 7) is 2.07. The maximum absolute atomic E-state index is 12.6. The predicted molar refractivity (Wildman–Crippen MR) is 96.7 cm³/mol. The van der Waals surface area contributed by atoms with Crippen molar-refractivity contribution in [2.24, 2.45) is 5.92 Å². The Kier molecular flexibility index (Phi) is 5.57. The van der Waals surface area contributed by atoms with Crippen LogP contribution in [0.25, 0.3) is 0 Å². The second-order valence-corrected chi connectivity index (χ2v) is 6.63. The van der Waals surface area contributed by atoms with Crippen LogP contribution < -0.4 is 4.74 Å². The number of likely N-dealkylation sites (tertiary alicyclic amines) is 1. The fourth-order valence-electron chi connectivity index (χ4n) is 2.95. The number of hydrogen-bond donors (Lipinski definition) is 0. The van der Waals surface area contributed by atoms with Gasteiger partial charge in [-0.15, -0.1) is 0 Å². The highest BCUT2D eigenvalue weighted by Crippen LogP contribution is 2.22. The van der Waals surface area contributed by atoms with Crippen molar-refractivity contribution in [1.29, 1.82) is 5.26 Å². The molecule has 1 saturated heterocycles. The monoisotopic (exact) mass is 354 g/mol. The predicted octanol–water partition coefficient (Wildman–Crippen LogP) is 4.14. The molecule has 1 fully saturated rings. The van der Waals surface area contributed by atoms with E-state index in [1.54, 1.807) is 24.3 Å². The lowest BCUT2D eigenvalue weighted by Gasteiger charge is -2.32. The van der Waals surface area contributed by atoms with E-state index in [0.717, 1.165) is 18.6 Å². The molecule has 0 unspecified atom stereocenters. The highest BCUT2D eigenvalue weighted by Gasteiger charge is 2.24. The zero-order valence-corrected chi connectivity index (χ0v) is 14.6. The number of carbonyl (C=O) groups excluding carboxylic acids is 1. The summed E-state index contributed by atoms with van der Waals surface area (Å²) < 4.78 is 5.81. The molecule has 25 heavy (non-hydrogen) atoms. The number of carbonyl (C=O) groups is 1. The largest absolute Gasteiger partial charge is 0.493 e. The first-order valence-electron chi connectivity index (χ1n) is 8.33. The van der Waals surface area contributed by atoms with Gasteiger partial charge >= 0.3 is 0 Å². The average molecular weight is 355 g/mol. The van der Waals surface area contributed by atoms with Crippen LogP contribution in [0.15, 0.2) is 48.5 Å². The van der Waals surface area contributed by atoms with E-state index in [1.807, 2.05) is 29.2 Å². The van der Waals surface area contributed by atoms with Gasteiger partial charge in [-0.1, -0.05) is 17.7 Å². The van der Waals surface area contributed by atoms with Gasteiger partial charge in [0.15, 0.2) is 0 Å². The lowest BCUT2D eigenvalue weighted by Crippen LogP contribution is -2.39. The van der Waals surface area contributed by atoms with E-state index in [0.29, 0.717) is 41.8 Å². The van der Waals surface area contributed by atoms with Crippen molar-refractivity contribution in [2.45, 2.75) is 12.8 Å². The first-order chi connectivity index (χ1) is 12.2. The first kappa shape index (κ1) is 17.3. The molecule has 0 saturated carbocycles. The van der Waals surface area contributed by atoms with Crippen molar-refractivity contribution >= 4 is 17.5 Å². The number of halogens is 1. The van der Waals surface area contributed by atoms with Gasteiger partial charge in [-0.05, 0) is 61.2 Å². The van der Waals surface area contributed by atoms with E-state index >= 15 is 0 Å². The molecular weight excluding hydrogens is 336 g/mol. The zero-order valence-electron chi connectivity index (χ0n) is 13.8. The molecule has 1 heterocycles. The number of hydrogen-bond acceptors (Lipinski definition) is 3. The van der Waals surface area contributed by atoms with Gasteiger partial charge in [-0.2, -0.15) is 5.26 Å². The second-order valence-electron chi connectivity index (χ2n) is 6.19. The Morgan fingerprint density at radius 3 is 2.60 bits per heavy atom. The third kappa shape index (κ3) is 4.52. The number of nitriles is 1. The fraction of sp³-hybridized carbons (Fsp3) is 0.300. The quantitative estimate of drug-likeness (QED) is 0.829. The van der Waals surface area contributed by atoms with Gasteiger partial charge in [0.1, 0.15) is 5.75 Å². The van der Waals surface area contributed by atoms with Crippen LogP contribution in [0.4, 0.5) is 0 Å². The van der Waals surface area contributed by atoms with Crippen LogP contribution in [0.1, 0.15) is 28.8 Å². The summed E-state index contributed by atoms with van der Waals surface area (Å²) in [7, 11) is 0. The lowest BCUT2D eigenvalue weighted by atomic mass is 9.97. The summed E-state index contributed by atoms with van der Waals surface area (Å²) in [5.41, 5.74) is 1.09. The van der Waals surface area contributed by atoms with Gasteiger partial charge in [0.25, 0.3) is 5.91 Å². The SMILES string of the molecule is N#Cc1cccc(C(=O)N2CCC(COc3ccc(Cl)cc3)CC2)c1. The highest BCUT2D eigenvalue weighted by atomic mass is 35.5. The van der Waals surface area contributed by atoms with Crippen molar-refractivity contribution < 1.29 is 9.53 Å². The Morgan fingerprint density at radius 2 is 1.92 bits per heavy atom. The van der Waals surface area contributed by atoms with Gasteiger partial charge in [0.2, 0.25) is 0 Å². The molecule has 0 bridgehead atoms. The van der Waals surface area contributed by atoms with E-state index in [1.165, 1.54) is 0 Å². The molecule has 2 aromatic rings. The molecule has 5 heteroatoms. The second kappa shape index (κ2) is 8.04. The third-order valence-corrected chi connectivity index (χ3v) is 4.69. The van der Waals surface area contributed by atoms with Crippen LogP contribution in [0.3, 0.4) is 0 Å². The van der Waals surface area contributed by atoms with E-state index in [4.69, 9.17) is 21.6 Å². The molecule has 2 aromatic carbocycles. The van der Waals surface area contributed by atoms with Crippen LogP contribution in [-0.2, 0) is 0 Å². The summed E-state index contributed by atoms with van der Waals surface area (Å²) in [4.78, 5) is 14.4. The summed E-state index contributed by atoms with van der Waals surface area (Å²) in [6.07, 6.45) is 1.83. The van der Waals surface area contributed by atoms with Crippen LogP contribution in [0, 0.1) is 17.2 Å². The molecule has 0 N–H and O–H groups in total. The van der Waals surface area contributed by atoms with Crippen LogP contribution in [0.2, 0.25) is 5.02 Å². The molecular formula is C20H19ClN2O2. The van der Waals surface area contributed by atoms with Crippen molar-refractivity contribution in [2.75, 3.05) is 19.7 Å². The van der Waals surface area contributed by atoms with Crippen molar-refractivity contribution in [3.8, 4) is 11.8 Å². The maximum Gasteiger partial charge on any atom is 0.253 e. The molecule has 3 rings (SSSR count). The van der Waals surface area contributed by atoms with Gasteiger partial charge in [-0.25, -0.2) is 0 Å². The molecule has 128 valence electrons. The summed E-state index contributed by atoms with van der Waals surface area (Å²) in [6, 6.07) is 16.3. The molecule has 0 aromatic heterocycles. The number of ether oxygens (including phenoxy) is 1. The number of rotatable bonds is 4. The first-order valence-corrected chi connectivity index (χ1v) is 8.71. The van der Waals surface area contributed by atoms with E-state index in [-0.39, 0.29) is 5.91 Å². The molecule has 1 amide bonds. The normalized spacial score (nSPS) is 14.8. The Morgan fingerprint density at radius 1 is 1.20 bits per heavy atom. The number of nitrogens with zero attached hydrogens (tertiary/aromatic N) is 2. The number of amides is 1. The lowest BCUT2D eigenvalue weighted by molar-refractivity contribution is 0.0661. The zero-order chi connectivity index (χ0) is 17.6. The fourth-order valence-corrected chi connectivity index (χ4v) is 3.08. The van der Waals surface area contributed by atoms with Crippen molar-refractivity contribution in [3.63, 3.8) is 0 Å². The van der Waals surface area contributed by atoms with E-state index < -0.39 is 0 Å². The van der Waals surface area contributed by atoms with Crippen molar-refractivity contribution in [1.82, 2.24) is 4.90 Å². The van der Waals surface area contributed by atoms with Gasteiger partial charge in [-0.3, -0.25) is 4.79 Å². The Bertz CT molecular complexity index is 775. The van der Waals surface area contributed by atoms with Gasteiger partial charge < -0.3 is 9.64 Å². The van der Waals surface area contributed by atoms with E-state index in [2.05, 4.69) is 6.07 Å². The standard InChI is InChI=1S/C20H19ClN2O2/c21-18-4-6-19(7-5-18)25-14-15-8-10-23(11-9-15)20(24)17-3-1-2-16(12-17)13-22/h1-7,12,15H,8-11,14H2. The molecule has 0 aliphatic carbocycles. The summed E-state index contributed by atoms with van der Waals surface area (Å²) in [5, 5.41) is 9.66. The Hall–Kier alpha value is -2.51. The van der Waals surface area contributed by atoms with Crippen LogP contribution in [0.5, 0.6) is 5.75 Å². The Labute approximate surface area is 152 Å². The maximum atomic E-state index is 12.6. The van der Waals surface area contributed by atoms with Gasteiger partial charge in [0, 0.05) is 23.7 Å². The molecule has 0 atom stereocenters. The third-order valence-electron chi connectivity index (χ3n) is 4.44.